The van der Waals surface area contributed by atoms with Crippen molar-refractivity contribution < 1.29 is 9.90 Å². The molecule has 0 aliphatic carbocycles. The van der Waals surface area contributed by atoms with Crippen LogP contribution in [0, 0.1) is 0 Å². The van der Waals surface area contributed by atoms with Crippen LogP contribution in [0.2, 0.25) is 5.02 Å². The summed E-state index contributed by atoms with van der Waals surface area (Å²) in [6, 6.07) is 1.80. The molecule has 1 saturated heterocycles. The van der Waals surface area contributed by atoms with Gasteiger partial charge in [0.1, 0.15) is 5.82 Å². The van der Waals surface area contributed by atoms with Crippen molar-refractivity contribution in [3.63, 3.8) is 0 Å². The minimum absolute atomic E-state index is 0.0855. The quantitative estimate of drug-likeness (QED) is 0.888. The number of piperidine rings is 1. The third kappa shape index (κ3) is 3.58. The van der Waals surface area contributed by atoms with Crippen molar-refractivity contribution in [2.45, 2.75) is 25.8 Å². The van der Waals surface area contributed by atoms with Gasteiger partial charge in [-0.3, -0.25) is 0 Å². The summed E-state index contributed by atoms with van der Waals surface area (Å²) >= 11 is 5.80. The molecular formula is C13H18ClN3O2. The van der Waals surface area contributed by atoms with Crippen LogP contribution in [0.25, 0.3) is 0 Å². The summed E-state index contributed by atoms with van der Waals surface area (Å²) in [6.45, 7) is 5.27. The lowest BCUT2D eigenvalue weighted by molar-refractivity contribution is 0.0697. The highest BCUT2D eigenvalue weighted by molar-refractivity contribution is 6.33. The molecule has 2 N–H and O–H groups in total. The molecule has 0 aromatic carbocycles. The maximum absolute atomic E-state index is 11.0. The molecule has 0 spiro atoms. The summed E-state index contributed by atoms with van der Waals surface area (Å²) < 4.78 is 0. The van der Waals surface area contributed by atoms with Crippen molar-refractivity contribution in [1.82, 2.24) is 9.88 Å². The minimum Gasteiger partial charge on any atom is -0.478 e. The smallest absolute Gasteiger partial charge is 0.337 e. The zero-order valence-electron chi connectivity index (χ0n) is 10.9. The van der Waals surface area contributed by atoms with Crippen molar-refractivity contribution >= 4 is 23.4 Å². The van der Waals surface area contributed by atoms with Gasteiger partial charge in [0.25, 0.3) is 0 Å². The van der Waals surface area contributed by atoms with E-state index in [0.717, 1.165) is 32.5 Å². The van der Waals surface area contributed by atoms with Gasteiger partial charge in [-0.1, -0.05) is 18.5 Å². The van der Waals surface area contributed by atoms with Gasteiger partial charge < -0.3 is 15.3 Å². The Labute approximate surface area is 117 Å². The normalized spacial score (nSPS) is 20.2. The maximum atomic E-state index is 11.0. The Morgan fingerprint density at radius 1 is 1.68 bits per heavy atom. The number of likely N-dealkylation sites (N-methyl/N-ethyl adjacent to an activating group) is 1. The molecule has 0 bridgehead atoms. The number of likely N-dealkylation sites (tertiary alicyclic amines) is 1. The van der Waals surface area contributed by atoms with E-state index in [1.54, 1.807) is 0 Å². The number of rotatable bonds is 4. The molecule has 1 aromatic heterocycles. The lowest BCUT2D eigenvalue weighted by Gasteiger charge is -2.32. The van der Waals surface area contributed by atoms with E-state index < -0.39 is 5.97 Å². The minimum atomic E-state index is -1.03. The predicted octanol–water partition coefficient (Wildman–Crippen LogP) is 2.33. The van der Waals surface area contributed by atoms with Gasteiger partial charge in [-0.2, -0.15) is 0 Å². The van der Waals surface area contributed by atoms with Crippen molar-refractivity contribution in [1.29, 1.82) is 0 Å². The lowest BCUT2D eigenvalue weighted by Crippen LogP contribution is -2.42. The number of halogens is 1. The van der Waals surface area contributed by atoms with Crippen LogP contribution in [0.15, 0.2) is 12.3 Å². The number of carboxylic acids is 1. The Morgan fingerprint density at radius 2 is 2.47 bits per heavy atom. The summed E-state index contributed by atoms with van der Waals surface area (Å²) in [5.41, 5.74) is 0.0855. The lowest BCUT2D eigenvalue weighted by atomic mass is 10.1. The standard InChI is InChI=1S/C13H18ClN3O2/c1-2-17-5-3-4-9(8-17)16-12-6-10(13(18)19)11(14)7-15-12/h6-7,9H,2-5,8H2,1H3,(H,15,16)(H,18,19). The topological polar surface area (TPSA) is 65.5 Å². The molecule has 1 unspecified atom stereocenters. The first-order valence-corrected chi connectivity index (χ1v) is 6.85. The molecule has 0 radical (unpaired) electrons. The Hall–Kier alpha value is -1.33. The SMILES string of the molecule is CCN1CCCC(Nc2cc(C(=O)O)c(Cl)cn2)C1. The van der Waals surface area contributed by atoms with E-state index in [1.165, 1.54) is 12.3 Å². The fourth-order valence-electron chi connectivity index (χ4n) is 2.35. The van der Waals surface area contributed by atoms with Crippen LogP contribution in [0.3, 0.4) is 0 Å². The first-order chi connectivity index (χ1) is 9.10. The van der Waals surface area contributed by atoms with Crippen LogP contribution >= 0.6 is 11.6 Å². The Balaban J connectivity index is 2.06. The molecule has 1 aliphatic rings. The number of hydrogen-bond acceptors (Lipinski definition) is 4. The van der Waals surface area contributed by atoms with Gasteiger partial charge in [0, 0.05) is 18.8 Å². The van der Waals surface area contributed by atoms with E-state index in [0.29, 0.717) is 11.9 Å². The third-order valence-electron chi connectivity index (χ3n) is 3.39. The molecule has 6 heteroatoms. The molecule has 19 heavy (non-hydrogen) atoms. The predicted molar refractivity (Wildman–Crippen MR) is 75.0 cm³/mol. The molecular weight excluding hydrogens is 266 g/mol. The number of aromatic nitrogens is 1. The van der Waals surface area contributed by atoms with Crippen LogP contribution in [0.5, 0.6) is 0 Å². The van der Waals surface area contributed by atoms with Gasteiger partial charge in [-0.15, -0.1) is 0 Å². The fourth-order valence-corrected chi connectivity index (χ4v) is 2.54. The molecule has 5 nitrogen and oxygen atoms in total. The molecule has 1 aromatic rings. The Bertz CT molecular complexity index is 467. The Morgan fingerprint density at radius 3 is 3.16 bits per heavy atom. The molecule has 0 amide bonds. The Kier molecular flexibility index (Phi) is 4.61. The highest BCUT2D eigenvalue weighted by Gasteiger charge is 2.19. The molecule has 1 fully saturated rings. The number of carbonyl (C=O) groups is 1. The molecule has 2 rings (SSSR count). The van der Waals surface area contributed by atoms with Crippen molar-refractivity contribution in [2.75, 3.05) is 25.0 Å². The zero-order valence-corrected chi connectivity index (χ0v) is 11.7. The van der Waals surface area contributed by atoms with Crippen molar-refractivity contribution in [3.05, 3.63) is 22.8 Å². The average molecular weight is 284 g/mol. The van der Waals surface area contributed by atoms with Gasteiger partial charge in [-0.25, -0.2) is 9.78 Å². The largest absolute Gasteiger partial charge is 0.478 e. The monoisotopic (exact) mass is 283 g/mol. The summed E-state index contributed by atoms with van der Waals surface area (Å²) in [5, 5.41) is 12.5. The third-order valence-corrected chi connectivity index (χ3v) is 3.69. The van der Waals surface area contributed by atoms with Gasteiger partial charge in [-0.05, 0) is 32.0 Å². The number of hydrogen-bond donors (Lipinski definition) is 2. The second-order valence-corrected chi connectivity index (χ2v) is 5.14. The van der Waals surface area contributed by atoms with Crippen molar-refractivity contribution in [3.8, 4) is 0 Å². The molecule has 1 aliphatic heterocycles. The number of carboxylic acid groups (broad SMARTS) is 1. The van der Waals surface area contributed by atoms with E-state index in [2.05, 4.69) is 22.1 Å². The van der Waals surface area contributed by atoms with E-state index in [-0.39, 0.29) is 10.6 Å². The van der Waals surface area contributed by atoms with Crippen LogP contribution < -0.4 is 5.32 Å². The zero-order chi connectivity index (χ0) is 13.8. The van der Waals surface area contributed by atoms with Gasteiger partial charge in [0.15, 0.2) is 0 Å². The van der Waals surface area contributed by atoms with Gasteiger partial charge in [0.2, 0.25) is 0 Å². The molecule has 104 valence electrons. The molecule has 0 saturated carbocycles. The first-order valence-electron chi connectivity index (χ1n) is 6.48. The average Bonchev–Trinajstić information content (AvgIpc) is 2.41. The van der Waals surface area contributed by atoms with E-state index in [4.69, 9.17) is 16.7 Å². The summed E-state index contributed by atoms with van der Waals surface area (Å²) in [4.78, 5) is 17.5. The maximum Gasteiger partial charge on any atom is 0.337 e. The van der Waals surface area contributed by atoms with E-state index >= 15 is 0 Å². The summed E-state index contributed by atoms with van der Waals surface area (Å²) in [6.07, 6.45) is 3.60. The van der Waals surface area contributed by atoms with Crippen LogP contribution in [-0.2, 0) is 0 Å². The second kappa shape index (κ2) is 6.21. The van der Waals surface area contributed by atoms with Crippen LogP contribution in [0.4, 0.5) is 5.82 Å². The van der Waals surface area contributed by atoms with Crippen molar-refractivity contribution in [2.24, 2.45) is 0 Å². The van der Waals surface area contributed by atoms with Gasteiger partial charge >= 0.3 is 5.97 Å². The number of nitrogens with zero attached hydrogens (tertiary/aromatic N) is 2. The second-order valence-electron chi connectivity index (χ2n) is 4.73. The van der Waals surface area contributed by atoms with Crippen LogP contribution in [-0.4, -0.2) is 46.6 Å². The summed E-state index contributed by atoms with van der Waals surface area (Å²) in [7, 11) is 0. The van der Waals surface area contributed by atoms with E-state index in [1.807, 2.05) is 0 Å². The molecule has 1 atom stereocenters. The molecule has 2 heterocycles. The van der Waals surface area contributed by atoms with E-state index in [9.17, 15) is 4.79 Å². The number of pyridine rings is 1. The van der Waals surface area contributed by atoms with Gasteiger partial charge in [0.05, 0.1) is 10.6 Å². The number of aromatic carboxylic acids is 1. The summed E-state index contributed by atoms with van der Waals surface area (Å²) in [5.74, 6) is -0.459. The van der Waals surface area contributed by atoms with Crippen LogP contribution in [0.1, 0.15) is 30.1 Å². The number of anilines is 1. The fraction of sp³-hybridized carbons (Fsp3) is 0.538. The highest BCUT2D eigenvalue weighted by atomic mass is 35.5. The number of nitrogens with one attached hydrogen (secondary N) is 1. The highest BCUT2D eigenvalue weighted by Crippen LogP contribution is 2.20. The first kappa shape index (κ1) is 14.1.